The Morgan fingerprint density at radius 2 is 1.65 bits per heavy atom. The molecule has 0 spiro atoms. The van der Waals surface area contributed by atoms with E-state index in [1.807, 2.05) is 0 Å². The summed E-state index contributed by atoms with van der Waals surface area (Å²) in [5.41, 5.74) is -0.397. The van der Waals surface area contributed by atoms with E-state index < -0.39 is 27.4 Å². The lowest BCUT2D eigenvalue weighted by atomic mass is 9.46. The van der Waals surface area contributed by atoms with Gasteiger partial charge in [-0.1, -0.05) is 0 Å². The number of carbonyl (C=O) groups excluding carboxylic acids is 1. The van der Waals surface area contributed by atoms with Gasteiger partial charge in [-0.15, -0.1) is 0 Å². The molecule has 0 aliphatic heterocycles. The number of ether oxygens (including phenoxy) is 2. The van der Waals surface area contributed by atoms with Crippen LogP contribution in [0.1, 0.15) is 59.3 Å². The van der Waals surface area contributed by atoms with Crippen LogP contribution < -0.4 is 0 Å². The van der Waals surface area contributed by atoms with E-state index in [-0.39, 0.29) is 24.6 Å². The van der Waals surface area contributed by atoms with Gasteiger partial charge in [0.2, 0.25) is 0 Å². The van der Waals surface area contributed by atoms with Crippen molar-refractivity contribution >= 4 is 16.1 Å². The lowest BCUT2D eigenvalue weighted by Gasteiger charge is -2.61. The summed E-state index contributed by atoms with van der Waals surface area (Å²) >= 11 is 0. The van der Waals surface area contributed by atoms with E-state index in [2.05, 4.69) is 13.8 Å². The van der Waals surface area contributed by atoms with Crippen molar-refractivity contribution in [3.8, 4) is 0 Å². The average molecular weight is 389 g/mol. The predicted molar refractivity (Wildman–Crippen MR) is 97.2 cm³/mol. The van der Waals surface area contributed by atoms with Crippen LogP contribution in [0, 0.1) is 29.1 Å². The van der Waals surface area contributed by atoms with Gasteiger partial charge in [-0.2, -0.15) is 8.42 Å². The van der Waals surface area contributed by atoms with Gasteiger partial charge in [-0.25, -0.2) is 0 Å². The van der Waals surface area contributed by atoms with E-state index in [1.165, 1.54) is 38.5 Å². The number of rotatable bonds is 8. The van der Waals surface area contributed by atoms with Crippen LogP contribution in [0.3, 0.4) is 0 Å². The van der Waals surface area contributed by atoms with Crippen LogP contribution in [0.15, 0.2) is 0 Å². The molecule has 1 atom stereocenters. The van der Waals surface area contributed by atoms with Gasteiger partial charge in [0.15, 0.2) is 0 Å². The SMILES string of the molecule is CC(COCCS(=O)(=O)O)C(=O)OC(C)(C)C12CC3CC(CC(C3)C1)C2. The first-order valence-corrected chi connectivity index (χ1v) is 11.4. The van der Waals surface area contributed by atoms with E-state index in [0.717, 1.165) is 17.8 Å². The van der Waals surface area contributed by atoms with E-state index in [4.69, 9.17) is 14.0 Å². The molecule has 6 nitrogen and oxygen atoms in total. The summed E-state index contributed by atoms with van der Waals surface area (Å²) in [5.74, 6) is 1.15. The predicted octanol–water partition coefficient (Wildman–Crippen LogP) is 3.07. The highest BCUT2D eigenvalue weighted by molar-refractivity contribution is 7.85. The summed E-state index contributed by atoms with van der Waals surface area (Å²) in [5, 5.41) is 0. The lowest BCUT2D eigenvalue weighted by Crippen LogP contribution is -2.57. The minimum absolute atomic E-state index is 0.0886. The lowest BCUT2D eigenvalue weighted by molar-refractivity contribution is -0.203. The highest BCUT2D eigenvalue weighted by Gasteiger charge is 2.58. The fourth-order valence-electron chi connectivity index (χ4n) is 5.80. The molecule has 0 aromatic carbocycles. The summed E-state index contributed by atoms with van der Waals surface area (Å²) in [6.45, 7) is 5.81. The molecule has 7 heteroatoms. The van der Waals surface area contributed by atoms with Crippen molar-refractivity contribution in [3.05, 3.63) is 0 Å². The van der Waals surface area contributed by atoms with E-state index in [1.54, 1.807) is 6.92 Å². The molecule has 1 unspecified atom stereocenters. The second-order valence-electron chi connectivity index (χ2n) is 9.39. The second kappa shape index (κ2) is 7.06. The first-order chi connectivity index (χ1) is 12.0. The normalized spacial score (nSPS) is 34.7. The Bertz CT molecular complexity index is 603. The Morgan fingerprint density at radius 1 is 1.15 bits per heavy atom. The van der Waals surface area contributed by atoms with E-state index in [9.17, 15) is 13.2 Å². The van der Waals surface area contributed by atoms with Gasteiger partial charge in [0.1, 0.15) is 5.60 Å². The standard InChI is InChI=1S/C19H32O6S/c1-13(12-24-4-5-26(21,22)23)17(20)25-18(2,3)19-9-14-6-15(10-19)8-16(7-14)11-19/h13-16H,4-12H2,1-3H3,(H,21,22,23). The van der Waals surface area contributed by atoms with Crippen LogP contribution in [0.2, 0.25) is 0 Å². The first-order valence-electron chi connectivity index (χ1n) is 9.75. The van der Waals surface area contributed by atoms with Gasteiger partial charge in [0, 0.05) is 5.41 Å². The molecule has 0 radical (unpaired) electrons. The molecule has 4 rings (SSSR count). The maximum absolute atomic E-state index is 12.6. The molecule has 0 aromatic heterocycles. The van der Waals surface area contributed by atoms with Gasteiger partial charge < -0.3 is 9.47 Å². The van der Waals surface area contributed by atoms with Crippen molar-refractivity contribution in [2.75, 3.05) is 19.0 Å². The fraction of sp³-hybridized carbons (Fsp3) is 0.947. The summed E-state index contributed by atoms with van der Waals surface area (Å²) in [6.07, 6.45) is 7.54. The average Bonchev–Trinajstić information content (AvgIpc) is 2.48. The Labute approximate surface area is 156 Å². The van der Waals surface area contributed by atoms with Gasteiger partial charge >= 0.3 is 5.97 Å². The minimum Gasteiger partial charge on any atom is -0.459 e. The molecule has 150 valence electrons. The molecule has 0 amide bonds. The van der Waals surface area contributed by atoms with Gasteiger partial charge in [0.05, 0.1) is 24.9 Å². The summed E-state index contributed by atoms with van der Waals surface area (Å²) in [4.78, 5) is 12.6. The maximum atomic E-state index is 12.6. The largest absolute Gasteiger partial charge is 0.459 e. The Balaban J connectivity index is 1.54. The van der Waals surface area contributed by atoms with Crippen molar-refractivity contribution in [2.45, 2.75) is 64.9 Å². The molecule has 4 aliphatic rings. The zero-order valence-electron chi connectivity index (χ0n) is 16.1. The highest BCUT2D eigenvalue weighted by Crippen LogP contribution is 2.64. The molecular weight excluding hydrogens is 356 g/mol. The van der Waals surface area contributed by atoms with E-state index in [0.29, 0.717) is 0 Å². The highest BCUT2D eigenvalue weighted by atomic mass is 32.2. The van der Waals surface area contributed by atoms with Crippen molar-refractivity contribution in [1.82, 2.24) is 0 Å². The smallest absolute Gasteiger partial charge is 0.311 e. The van der Waals surface area contributed by atoms with Crippen molar-refractivity contribution < 1.29 is 27.2 Å². The third-order valence-corrected chi connectivity index (χ3v) is 7.61. The molecule has 4 aliphatic carbocycles. The number of hydrogen-bond donors (Lipinski definition) is 1. The number of hydrogen-bond acceptors (Lipinski definition) is 5. The Morgan fingerprint density at radius 3 is 2.12 bits per heavy atom. The van der Waals surface area contributed by atoms with Crippen LogP contribution in [0.5, 0.6) is 0 Å². The van der Waals surface area contributed by atoms with Crippen LogP contribution in [-0.4, -0.2) is 43.5 Å². The molecular formula is C19H32O6S. The molecule has 4 saturated carbocycles. The summed E-state index contributed by atoms with van der Waals surface area (Å²) in [7, 11) is -4.04. The summed E-state index contributed by atoms with van der Waals surface area (Å²) < 4.78 is 41.3. The fourth-order valence-corrected chi connectivity index (χ4v) is 6.13. The molecule has 0 heterocycles. The molecule has 4 bridgehead atoms. The van der Waals surface area contributed by atoms with Gasteiger partial charge in [0.25, 0.3) is 10.1 Å². The molecule has 1 N–H and O–H groups in total. The van der Waals surface area contributed by atoms with Crippen molar-refractivity contribution in [1.29, 1.82) is 0 Å². The third kappa shape index (κ3) is 4.25. The third-order valence-electron chi connectivity index (χ3n) is 6.93. The molecule has 0 saturated heterocycles. The quantitative estimate of drug-likeness (QED) is 0.390. The Hall–Kier alpha value is -0.660. The Kier molecular flexibility index (Phi) is 5.45. The minimum atomic E-state index is -4.04. The van der Waals surface area contributed by atoms with Crippen LogP contribution in [0.4, 0.5) is 0 Å². The zero-order chi connectivity index (χ0) is 19.2. The number of carbonyl (C=O) groups is 1. The van der Waals surface area contributed by atoms with Crippen molar-refractivity contribution in [2.24, 2.45) is 29.1 Å². The second-order valence-corrected chi connectivity index (χ2v) is 11.0. The van der Waals surface area contributed by atoms with Crippen molar-refractivity contribution in [3.63, 3.8) is 0 Å². The molecule has 4 fully saturated rings. The molecule has 26 heavy (non-hydrogen) atoms. The first kappa shape index (κ1) is 20.1. The van der Waals surface area contributed by atoms with E-state index >= 15 is 0 Å². The van der Waals surface area contributed by atoms with Crippen LogP contribution in [-0.2, 0) is 24.4 Å². The van der Waals surface area contributed by atoms with Crippen LogP contribution >= 0.6 is 0 Å². The van der Waals surface area contributed by atoms with Gasteiger partial charge in [-0.3, -0.25) is 9.35 Å². The number of esters is 1. The van der Waals surface area contributed by atoms with Crippen LogP contribution in [0.25, 0.3) is 0 Å². The molecule has 0 aromatic rings. The monoisotopic (exact) mass is 388 g/mol. The summed E-state index contributed by atoms with van der Waals surface area (Å²) in [6, 6.07) is 0. The topological polar surface area (TPSA) is 89.9 Å². The van der Waals surface area contributed by atoms with Gasteiger partial charge in [-0.05, 0) is 77.0 Å². The zero-order valence-corrected chi connectivity index (χ0v) is 16.9. The maximum Gasteiger partial charge on any atom is 0.311 e.